The number of hydrogen-bond acceptors (Lipinski definition) is 5. The minimum absolute atomic E-state index is 0.109. The summed E-state index contributed by atoms with van der Waals surface area (Å²) in [6, 6.07) is 11.0. The van der Waals surface area contributed by atoms with Crippen molar-refractivity contribution in [3.05, 3.63) is 60.2 Å². The summed E-state index contributed by atoms with van der Waals surface area (Å²) >= 11 is 1.50. The van der Waals surface area contributed by atoms with Crippen LogP contribution in [0.3, 0.4) is 0 Å². The first-order valence-electron chi connectivity index (χ1n) is 7.91. The van der Waals surface area contributed by atoms with Gasteiger partial charge in [-0.05, 0) is 68.9 Å². The van der Waals surface area contributed by atoms with E-state index in [4.69, 9.17) is 0 Å². The van der Waals surface area contributed by atoms with E-state index in [0.29, 0.717) is 0 Å². The molecule has 0 saturated carbocycles. The summed E-state index contributed by atoms with van der Waals surface area (Å²) in [5.74, 6) is -0.109. The van der Waals surface area contributed by atoms with E-state index in [1.807, 2.05) is 51.1 Å². The van der Waals surface area contributed by atoms with Gasteiger partial charge in [-0.15, -0.1) is 0 Å². The van der Waals surface area contributed by atoms with Crippen LogP contribution < -0.4 is 5.32 Å². The predicted octanol–water partition coefficient (Wildman–Crippen LogP) is 3.64. The van der Waals surface area contributed by atoms with Crippen molar-refractivity contribution in [3.63, 3.8) is 0 Å². The molecule has 7 heteroatoms. The molecule has 1 aromatic carbocycles. The van der Waals surface area contributed by atoms with E-state index < -0.39 is 0 Å². The maximum atomic E-state index is 12.3. The van der Waals surface area contributed by atoms with Crippen LogP contribution in [0.15, 0.2) is 58.8 Å². The van der Waals surface area contributed by atoms with E-state index in [1.165, 1.54) is 11.8 Å². The first-order chi connectivity index (χ1) is 12.0. The summed E-state index contributed by atoms with van der Waals surface area (Å²) < 4.78 is 1.62. The Hall–Kier alpha value is -2.67. The number of aryl methyl sites for hydroxylation is 2. The van der Waals surface area contributed by atoms with Gasteiger partial charge in [0.1, 0.15) is 6.04 Å². The monoisotopic (exact) mass is 353 g/mol. The van der Waals surface area contributed by atoms with Crippen molar-refractivity contribution >= 4 is 23.4 Å². The molecule has 1 N–H and O–H groups in total. The van der Waals surface area contributed by atoms with Gasteiger partial charge in [0.2, 0.25) is 5.91 Å². The number of aromatic nitrogens is 4. The Morgan fingerprint density at radius 2 is 1.84 bits per heavy atom. The second kappa shape index (κ2) is 7.48. The number of anilines is 1. The van der Waals surface area contributed by atoms with Crippen LogP contribution in [0, 0.1) is 13.8 Å². The number of benzene rings is 1. The van der Waals surface area contributed by atoms with Crippen LogP contribution >= 0.6 is 11.8 Å². The highest BCUT2D eigenvalue weighted by Gasteiger charge is 2.15. The third-order valence-electron chi connectivity index (χ3n) is 3.59. The van der Waals surface area contributed by atoms with Gasteiger partial charge in [-0.1, -0.05) is 0 Å². The van der Waals surface area contributed by atoms with E-state index >= 15 is 0 Å². The average Bonchev–Trinajstić information content (AvgIpc) is 3.09. The number of carbonyl (C=O) groups is 1. The molecule has 0 aliphatic carbocycles. The standard InChI is InChI=1S/C18H19N5OS/c1-12-11-13(2)21-18(20-12)25-16-7-5-15(6-8-16)22-17(24)14(3)23-10-4-9-19-23/h4-11,14H,1-3H3,(H,22,24). The Labute approximate surface area is 150 Å². The molecular weight excluding hydrogens is 334 g/mol. The van der Waals surface area contributed by atoms with Gasteiger partial charge in [-0.25, -0.2) is 9.97 Å². The topological polar surface area (TPSA) is 72.7 Å². The Bertz CT molecular complexity index is 841. The molecule has 2 heterocycles. The number of nitrogens with zero attached hydrogens (tertiary/aromatic N) is 4. The lowest BCUT2D eigenvalue weighted by atomic mass is 10.2. The largest absolute Gasteiger partial charge is 0.324 e. The maximum Gasteiger partial charge on any atom is 0.248 e. The molecular formula is C18H19N5OS. The lowest BCUT2D eigenvalue weighted by molar-refractivity contribution is -0.119. The lowest BCUT2D eigenvalue weighted by Crippen LogP contribution is -2.23. The Morgan fingerprint density at radius 1 is 1.16 bits per heavy atom. The molecule has 2 aromatic heterocycles. The molecule has 3 aromatic rings. The lowest BCUT2D eigenvalue weighted by Gasteiger charge is -2.13. The highest BCUT2D eigenvalue weighted by atomic mass is 32.2. The summed E-state index contributed by atoms with van der Waals surface area (Å²) in [7, 11) is 0. The third kappa shape index (κ3) is 4.45. The number of carbonyl (C=O) groups excluding carboxylic acids is 1. The fraction of sp³-hybridized carbons (Fsp3) is 0.222. The van der Waals surface area contributed by atoms with Gasteiger partial charge in [0.15, 0.2) is 5.16 Å². The smallest absolute Gasteiger partial charge is 0.248 e. The van der Waals surface area contributed by atoms with Crippen molar-refractivity contribution in [2.75, 3.05) is 5.32 Å². The zero-order valence-corrected chi connectivity index (χ0v) is 15.1. The minimum atomic E-state index is -0.368. The van der Waals surface area contributed by atoms with Gasteiger partial charge in [0, 0.05) is 34.4 Å². The molecule has 0 spiro atoms. The molecule has 3 rings (SSSR count). The fourth-order valence-electron chi connectivity index (χ4n) is 2.33. The first-order valence-corrected chi connectivity index (χ1v) is 8.73. The van der Waals surface area contributed by atoms with E-state index in [0.717, 1.165) is 27.1 Å². The summed E-state index contributed by atoms with van der Waals surface area (Å²) in [6.07, 6.45) is 3.43. The van der Waals surface area contributed by atoms with E-state index in [-0.39, 0.29) is 11.9 Å². The molecule has 128 valence electrons. The molecule has 1 amide bonds. The molecule has 1 unspecified atom stereocenters. The molecule has 0 saturated heterocycles. The van der Waals surface area contributed by atoms with Crippen molar-refractivity contribution < 1.29 is 4.79 Å². The summed E-state index contributed by atoms with van der Waals surface area (Å²) in [5, 5.41) is 7.72. The van der Waals surface area contributed by atoms with Crippen molar-refractivity contribution in [3.8, 4) is 0 Å². The van der Waals surface area contributed by atoms with Crippen LogP contribution in [-0.2, 0) is 4.79 Å². The van der Waals surface area contributed by atoms with Crippen LogP contribution in [0.2, 0.25) is 0 Å². The highest BCUT2D eigenvalue weighted by Crippen LogP contribution is 2.26. The van der Waals surface area contributed by atoms with Crippen molar-refractivity contribution in [1.82, 2.24) is 19.7 Å². The van der Waals surface area contributed by atoms with Gasteiger partial charge in [-0.3, -0.25) is 9.48 Å². The van der Waals surface area contributed by atoms with Crippen LogP contribution in [0.5, 0.6) is 0 Å². The third-order valence-corrected chi connectivity index (χ3v) is 4.47. The summed E-state index contributed by atoms with van der Waals surface area (Å²) in [6.45, 7) is 5.72. The minimum Gasteiger partial charge on any atom is -0.324 e. The number of nitrogens with one attached hydrogen (secondary N) is 1. The molecule has 1 atom stereocenters. The van der Waals surface area contributed by atoms with Gasteiger partial charge in [0.05, 0.1) is 0 Å². The SMILES string of the molecule is Cc1cc(C)nc(Sc2ccc(NC(=O)C(C)n3cccn3)cc2)n1. The average molecular weight is 353 g/mol. The van der Waals surface area contributed by atoms with Crippen molar-refractivity contribution in [2.45, 2.75) is 36.9 Å². The second-order valence-corrected chi connectivity index (χ2v) is 6.75. The molecule has 0 aliphatic heterocycles. The fourth-order valence-corrected chi connectivity index (χ4v) is 3.19. The molecule has 0 fully saturated rings. The molecule has 6 nitrogen and oxygen atoms in total. The van der Waals surface area contributed by atoms with Gasteiger partial charge in [-0.2, -0.15) is 5.10 Å². The van der Waals surface area contributed by atoms with Gasteiger partial charge >= 0.3 is 0 Å². The summed E-state index contributed by atoms with van der Waals surface area (Å²) in [5.41, 5.74) is 2.65. The quantitative estimate of drug-likeness (QED) is 0.709. The van der Waals surface area contributed by atoms with E-state index in [1.54, 1.807) is 23.1 Å². The first kappa shape index (κ1) is 17.2. The molecule has 0 aliphatic rings. The van der Waals surface area contributed by atoms with Gasteiger partial charge < -0.3 is 5.32 Å². The maximum absolute atomic E-state index is 12.3. The van der Waals surface area contributed by atoms with Crippen LogP contribution in [0.25, 0.3) is 0 Å². The Kier molecular flexibility index (Phi) is 5.14. The van der Waals surface area contributed by atoms with Gasteiger partial charge in [0.25, 0.3) is 0 Å². The van der Waals surface area contributed by atoms with Crippen molar-refractivity contribution in [2.24, 2.45) is 0 Å². The predicted molar refractivity (Wildman–Crippen MR) is 97.6 cm³/mol. The molecule has 0 radical (unpaired) electrons. The Balaban J connectivity index is 1.65. The highest BCUT2D eigenvalue weighted by molar-refractivity contribution is 7.99. The normalized spacial score (nSPS) is 12.0. The molecule has 25 heavy (non-hydrogen) atoms. The van der Waals surface area contributed by atoms with Crippen LogP contribution in [0.4, 0.5) is 5.69 Å². The number of rotatable bonds is 5. The zero-order chi connectivity index (χ0) is 17.8. The summed E-state index contributed by atoms with van der Waals surface area (Å²) in [4.78, 5) is 22.1. The second-order valence-electron chi connectivity index (χ2n) is 5.71. The van der Waals surface area contributed by atoms with Crippen LogP contribution in [0.1, 0.15) is 24.4 Å². The van der Waals surface area contributed by atoms with E-state index in [2.05, 4.69) is 20.4 Å². The molecule has 0 bridgehead atoms. The number of hydrogen-bond donors (Lipinski definition) is 1. The zero-order valence-electron chi connectivity index (χ0n) is 14.3. The number of amides is 1. The van der Waals surface area contributed by atoms with Crippen LogP contribution in [-0.4, -0.2) is 25.7 Å². The van der Waals surface area contributed by atoms with E-state index in [9.17, 15) is 4.79 Å². The Morgan fingerprint density at radius 3 is 2.44 bits per heavy atom. The van der Waals surface area contributed by atoms with Crippen molar-refractivity contribution in [1.29, 1.82) is 0 Å².